The molecule has 0 radical (unpaired) electrons. The SMILES string of the molecule is CCCCN(C)C1=CC(Nc2nccc(-c3cn(C(C)C)c4cnccc34)n2)CC=C1. The summed E-state index contributed by atoms with van der Waals surface area (Å²) in [5.41, 5.74) is 4.40. The second-order valence-corrected chi connectivity index (χ2v) is 8.46. The van der Waals surface area contributed by atoms with Crippen molar-refractivity contribution in [2.75, 3.05) is 18.9 Å². The van der Waals surface area contributed by atoms with Crippen LogP contribution in [0.1, 0.15) is 46.1 Å². The standard InChI is InChI=1S/C25H32N6/c1-5-6-14-30(4)20-9-7-8-19(15-20)28-25-27-13-11-23(29-25)22-17-31(18(2)3)24-16-26-12-10-21(22)24/h7,9-13,15-19H,5-6,8,14H2,1-4H3,(H,27,28,29). The number of pyridine rings is 1. The van der Waals surface area contributed by atoms with Gasteiger partial charge >= 0.3 is 0 Å². The molecule has 0 amide bonds. The van der Waals surface area contributed by atoms with Crippen molar-refractivity contribution in [3.63, 3.8) is 0 Å². The van der Waals surface area contributed by atoms with E-state index in [2.05, 4.69) is 83.1 Å². The van der Waals surface area contributed by atoms with Gasteiger partial charge in [0, 0.05) is 54.9 Å². The van der Waals surface area contributed by atoms with E-state index in [1.165, 1.54) is 18.5 Å². The number of fused-ring (bicyclic) bond motifs is 1. The summed E-state index contributed by atoms with van der Waals surface area (Å²) in [5, 5.41) is 4.67. The summed E-state index contributed by atoms with van der Waals surface area (Å²) in [6.07, 6.45) is 17.8. The van der Waals surface area contributed by atoms with Gasteiger partial charge < -0.3 is 14.8 Å². The number of hydrogen-bond donors (Lipinski definition) is 1. The van der Waals surface area contributed by atoms with E-state index in [1.54, 1.807) is 0 Å². The summed E-state index contributed by atoms with van der Waals surface area (Å²) in [4.78, 5) is 16.0. The Morgan fingerprint density at radius 2 is 2.13 bits per heavy atom. The molecule has 1 unspecified atom stereocenters. The number of nitrogens with one attached hydrogen (secondary N) is 1. The highest BCUT2D eigenvalue weighted by Gasteiger charge is 2.16. The highest BCUT2D eigenvalue weighted by molar-refractivity contribution is 5.94. The van der Waals surface area contributed by atoms with E-state index < -0.39 is 0 Å². The van der Waals surface area contributed by atoms with Crippen LogP contribution in [0.5, 0.6) is 0 Å². The Hall–Kier alpha value is -3.15. The predicted molar refractivity (Wildman–Crippen MR) is 128 cm³/mol. The van der Waals surface area contributed by atoms with Gasteiger partial charge in [0.15, 0.2) is 0 Å². The fourth-order valence-electron chi connectivity index (χ4n) is 4.02. The van der Waals surface area contributed by atoms with Gasteiger partial charge in [0.05, 0.1) is 23.4 Å². The van der Waals surface area contributed by atoms with Crippen LogP contribution in [-0.2, 0) is 0 Å². The van der Waals surface area contributed by atoms with Crippen molar-refractivity contribution in [2.45, 2.75) is 52.1 Å². The molecule has 6 heteroatoms. The third-order valence-electron chi connectivity index (χ3n) is 5.78. The molecule has 1 atom stereocenters. The van der Waals surface area contributed by atoms with Gasteiger partial charge in [-0.3, -0.25) is 4.98 Å². The van der Waals surface area contributed by atoms with Gasteiger partial charge in [0.2, 0.25) is 5.95 Å². The lowest BCUT2D eigenvalue weighted by Gasteiger charge is -2.25. The normalized spacial score (nSPS) is 16.0. The molecule has 31 heavy (non-hydrogen) atoms. The molecule has 1 aliphatic carbocycles. The van der Waals surface area contributed by atoms with Crippen molar-refractivity contribution in [3.8, 4) is 11.3 Å². The average Bonchev–Trinajstić information content (AvgIpc) is 3.18. The lowest BCUT2D eigenvalue weighted by atomic mass is 10.1. The minimum absolute atomic E-state index is 0.181. The Morgan fingerprint density at radius 1 is 1.26 bits per heavy atom. The first-order chi connectivity index (χ1) is 15.1. The van der Waals surface area contributed by atoms with Crippen LogP contribution < -0.4 is 5.32 Å². The van der Waals surface area contributed by atoms with Crippen LogP contribution in [0.4, 0.5) is 5.95 Å². The summed E-state index contributed by atoms with van der Waals surface area (Å²) in [6, 6.07) is 4.57. The van der Waals surface area contributed by atoms with Crippen LogP contribution in [0.25, 0.3) is 22.2 Å². The maximum absolute atomic E-state index is 4.86. The van der Waals surface area contributed by atoms with Gasteiger partial charge in [0.1, 0.15) is 0 Å². The van der Waals surface area contributed by atoms with E-state index in [9.17, 15) is 0 Å². The van der Waals surface area contributed by atoms with E-state index >= 15 is 0 Å². The molecule has 1 aliphatic rings. The van der Waals surface area contributed by atoms with Crippen molar-refractivity contribution in [3.05, 3.63) is 60.8 Å². The number of nitrogens with zero attached hydrogens (tertiary/aromatic N) is 5. The highest BCUT2D eigenvalue weighted by Crippen LogP contribution is 2.31. The molecule has 4 rings (SSSR count). The zero-order valence-electron chi connectivity index (χ0n) is 18.9. The van der Waals surface area contributed by atoms with Crippen LogP contribution in [0, 0.1) is 0 Å². The van der Waals surface area contributed by atoms with Crippen molar-refractivity contribution in [1.29, 1.82) is 0 Å². The number of rotatable bonds is 8. The van der Waals surface area contributed by atoms with Gasteiger partial charge in [-0.1, -0.05) is 19.4 Å². The van der Waals surface area contributed by atoms with Crippen molar-refractivity contribution in [1.82, 2.24) is 24.4 Å². The smallest absolute Gasteiger partial charge is 0.223 e. The van der Waals surface area contributed by atoms with E-state index in [0.717, 1.165) is 35.1 Å². The molecule has 162 valence electrons. The van der Waals surface area contributed by atoms with Crippen LogP contribution in [-0.4, -0.2) is 44.1 Å². The number of aromatic nitrogens is 4. The first-order valence-corrected chi connectivity index (χ1v) is 11.2. The van der Waals surface area contributed by atoms with Crippen molar-refractivity contribution < 1.29 is 0 Å². The third kappa shape index (κ3) is 4.63. The summed E-state index contributed by atoms with van der Waals surface area (Å²) >= 11 is 0. The summed E-state index contributed by atoms with van der Waals surface area (Å²) in [7, 11) is 2.16. The molecule has 3 aromatic heterocycles. The van der Waals surface area contributed by atoms with Crippen LogP contribution in [0.3, 0.4) is 0 Å². The number of anilines is 1. The topological polar surface area (TPSA) is 58.9 Å². The van der Waals surface area contributed by atoms with E-state index in [0.29, 0.717) is 12.0 Å². The van der Waals surface area contributed by atoms with Gasteiger partial charge in [-0.15, -0.1) is 0 Å². The zero-order valence-corrected chi connectivity index (χ0v) is 18.9. The lowest BCUT2D eigenvalue weighted by molar-refractivity contribution is 0.413. The monoisotopic (exact) mass is 416 g/mol. The minimum Gasteiger partial charge on any atom is -0.375 e. The molecule has 3 aromatic rings. The maximum atomic E-state index is 4.86. The third-order valence-corrected chi connectivity index (χ3v) is 5.78. The van der Waals surface area contributed by atoms with Crippen LogP contribution in [0.15, 0.2) is 60.8 Å². The molecule has 3 heterocycles. The first kappa shape index (κ1) is 21.1. The fraction of sp³-hybridized carbons (Fsp3) is 0.400. The largest absolute Gasteiger partial charge is 0.375 e. The number of allylic oxidation sites excluding steroid dienone is 1. The average molecular weight is 417 g/mol. The molecule has 6 nitrogen and oxygen atoms in total. The fourth-order valence-corrected chi connectivity index (χ4v) is 4.02. The number of unbranched alkanes of at least 4 members (excludes halogenated alkanes) is 1. The summed E-state index contributed by atoms with van der Waals surface area (Å²) in [6.45, 7) is 7.66. The zero-order chi connectivity index (χ0) is 21.8. The minimum atomic E-state index is 0.181. The van der Waals surface area contributed by atoms with E-state index in [4.69, 9.17) is 4.98 Å². The Balaban J connectivity index is 1.58. The number of hydrogen-bond acceptors (Lipinski definition) is 5. The van der Waals surface area contributed by atoms with Gasteiger partial charge in [-0.05, 0) is 51.0 Å². The predicted octanol–water partition coefficient (Wildman–Crippen LogP) is 5.43. The number of likely N-dealkylation sites (N-methyl/N-ethyl adjacent to an activating group) is 1. The first-order valence-electron chi connectivity index (χ1n) is 11.2. The Kier molecular flexibility index (Phi) is 6.35. The molecular formula is C25H32N6. The molecule has 1 N–H and O–H groups in total. The second kappa shape index (κ2) is 9.33. The van der Waals surface area contributed by atoms with Gasteiger partial charge in [-0.25, -0.2) is 9.97 Å². The van der Waals surface area contributed by atoms with Crippen molar-refractivity contribution in [2.24, 2.45) is 0 Å². The second-order valence-electron chi connectivity index (χ2n) is 8.46. The summed E-state index contributed by atoms with van der Waals surface area (Å²) in [5.74, 6) is 0.657. The quantitative estimate of drug-likeness (QED) is 0.530. The molecular weight excluding hydrogens is 384 g/mol. The van der Waals surface area contributed by atoms with Gasteiger partial charge in [0.25, 0.3) is 0 Å². The molecule has 0 aromatic carbocycles. The Bertz CT molecular complexity index is 1090. The van der Waals surface area contributed by atoms with Crippen LogP contribution in [0.2, 0.25) is 0 Å². The van der Waals surface area contributed by atoms with Crippen LogP contribution >= 0.6 is 0 Å². The molecule has 0 fully saturated rings. The maximum Gasteiger partial charge on any atom is 0.223 e. The Labute approximate surface area is 184 Å². The Morgan fingerprint density at radius 3 is 2.94 bits per heavy atom. The van der Waals surface area contributed by atoms with E-state index in [1.807, 2.05) is 24.7 Å². The van der Waals surface area contributed by atoms with Gasteiger partial charge in [-0.2, -0.15) is 0 Å². The molecule has 0 bridgehead atoms. The molecule has 0 aliphatic heterocycles. The van der Waals surface area contributed by atoms with E-state index in [-0.39, 0.29) is 6.04 Å². The molecule has 0 spiro atoms. The molecule has 0 saturated heterocycles. The summed E-state index contributed by atoms with van der Waals surface area (Å²) < 4.78 is 2.25. The highest BCUT2D eigenvalue weighted by atomic mass is 15.1. The molecule has 0 saturated carbocycles. The lowest BCUT2D eigenvalue weighted by Crippen LogP contribution is -2.25. The van der Waals surface area contributed by atoms with Crippen molar-refractivity contribution >= 4 is 16.9 Å².